The number of nitro groups is 1. The molecule has 2 aromatic rings. The largest absolute Gasteiger partial charge is 0.458 e. The van der Waals surface area contributed by atoms with Gasteiger partial charge in [0.2, 0.25) is 0 Å². The first-order valence-electron chi connectivity index (χ1n) is 7.71. The van der Waals surface area contributed by atoms with Crippen molar-refractivity contribution >= 4 is 11.6 Å². The molecule has 1 aliphatic heterocycles. The van der Waals surface area contributed by atoms with Gasteiger partial charge >= 0.3 is 6.01 Å². The molecule has 1 aromatic carbocycles. The van der Waals surface area contributed by atoms with Crippen molar-refractivity contribution in [1.82, 2.24) is 14.9 Å². The average Bonchev–Trinajstić information content (AvgIpc) is 2.63. The summed E-state index contributed by atoms with van der Waals surface area (Å²) in [6.07, 6.45) is 3.21. The third-order valence-corrected chi connectivity index (χ3v) is 3.86. The number of hydrogen-bond acceptors (Lipinski definition) is 6. The summed E-state index contributed by atoms with van der Waals surface area (Å²) in [5, 5.41) is 10.7. The zero-order valence-corrected chi connectivity index (χ0v) is 13.2. The lowest BCUT2D eigenvalue weighted by molar-refractivity contribution is -0.384. The number of halogens is 1. The van der Waals surface area contributed by atoms with E-state index in [9.17, 15) is 19.3 Å². The second-order valence-electron chi connectivity index (χ2n) is 5.62. The van der Waals surface area contributed by atoms with Gasteiger partial charge in [-0.2, -0.15) is 0 Å². The van der Waals surface area contributed by atoms with Crippen LogP contribution in [0.2, 0.25) is 0 Å². The number of carbonyl (C=O) groups is 1. The van der Waals surface area contributed by atoms with Gasteiger partial charge in [0.1, 0.15) is 6.10 Å². The van der Waals surface area contributed by atoms with Crippen molar-refractivity contribution in [1.29, 1.82) is 0 Å². The maximum atomic E-state index is 12.8. The van der Waals surface area contributed by atoms with Crippen LogP contribution in [-0.2, 0) is 0 Å². The summed E-state index contributed by atoms with van der Waals surface area (Å²) in [6.45, 7) is 0.913. The Morgan fingerprint density at radius 1 is 1.28 bits per heavy atom. The highest BCUT2D eigenvalue weighted by Crippen LogP contribution is 2.19. The van der Waals surface area contributed by atoms with Gasteiger partial charge in [0.15, 0.2) is 5.82 Å². The van der Waals surface area contributed by atoms with Crippen LogP contribution in [0.3, 0.4) is 0 Å². The van der Waals surface area contributed by atoms with Crippen molar-refractivity contribution in [3.05, 3.63) is 58.2 Å². The Balaban J connectivity index is 1.64. The molecular weight excluding hydrogens is 331 g/mol. The van der Waals surface area contributed by atoms with Crippen molar-refractivity contribution in [2.45, 2.75) is 18.9 Å². The molecule has 1 atom stereocenters. The van der Waals surface area contributed by atoms with Gasteiger partial charge in [-0.25, -0.2) is 14.4 Å². The van der Waals surface area contributed by atoms with Crippen LogP contribution >= 0.6 is 0 Å². The van der Waals surface area contributed by atoms with E-state index in [2.05, 4.69) is 9.97 Å². The van der Waals surface area contributed by atoms with Gasteiger partial charge in [-0.05, 0) is 25.0 Å². The third kappa shape index (κ3) is 4.06. The van der Waals surface area contributed by atoms with E-state index >= 15 is 0 Å². The van der Waals surface area contributed by atoms with Crippen molar-refractivity contribution in [2.75, 3.05) is 13.1 Å². The number of rotatable bonds is 4. The summed E-state index contributed by atoms with van der Waals surface area (Å²) in [4.78, 5) is 31.8. The van der Waals surface area contributed by atoms with Gasteiger partial charge < -0.3 is 9.64 Å². The normalized spacial score (nSPS) is 17.2. The number of amides is 1. The second-order valence-corrected chi connectivity index (χ2v) is 5.62. The Hall–Kier alpha value is -3.10. The Morgan fingerprint density at radius 3 is 2.60 bits per heavy atom. The SMILES string of the molecule is O=C(c1ccc([N+](=O)[O-])cc1)N1CCCC(Oc2ncc(F)cn2)C1. The van der Waals surface area contributed by atoms with Gasteiger partial charge in [0.05, 0.1) is 23.9 Å². The highest BCUT2D eigenvalue weighted by molar-refractivity contribution is 5.94. The summed E-state index contributed by atoms with van der Waals surface area (Å²) in [6, 6.07) is 5.55. The Bertz CT molecular complexity index is 767. The van der Waals surface area contributed by atoms with E-state index in [1.165, 1.54) is 24.3 Å². The van der Waals surface area contributed by atoms with Crippen molar-refractivity contribution in [3.63, 3.8) is 0 Å². The summed E-state index contributed by atoms with van der Waals surface area (Å²) < 4.78 is 18.4. The molecule has 0 N–H and O–H groups in total. The van der Waals surface area contributed by atoms with Crippen molar-refractivity contribution < 1.29 is 18.8 Å². The van der Waals surface area contributed by atoms with Crippen LogP contribution in [0.25, 0.3) is 0 Å². The number of likely N-dealkylation sites (tertiary alicyclic amines) is 1. The lowest BCUT2D eigenvalue weighted by Gasteiger charge is -2.32. The van der Waals surface area contributed by atoms with Gasteiger partial charge in [0, 0.05) is 24.2 Å². The molecule has 0 saturated carbocycles. The number of aromatic nitrogens is 2. The maximum Gasteiger partial charge on any atom is 0.316 e. The topological polar surface area (TPSA) is 98.5 Å². The van der Waals surface area contributed by atoms with Crippen LogP contribution < -0.4 is 4.74 Å². The zero-order chi connectivity index (χ0) is 17.8. The molecule has 9 heteroatoms. The number of piperidine rings is 1. The number of nitrogens with zero attached hydrogens (tertiary/aromatic N) is 4. The average molecular weight is 346 g/mol. The number of benzene rings is 1. The van der Waals surface area contributed by atoms with Crippen molar-refractivity contribution in [3.8, 4) is 6.01 Å². The number of non-ortho nitro benzene ring substituents is 1. The standard InChI is InChI=1S/C16H15FN4O4/c17-12-8-18-16(19-9-12)25-14-2-1-7-20(10-14)15(22)11-3-5-13(6-4-11)21(23)24/h3-6,8-9,14H,1-2,7,10H2. The molecule has 1 saturated heterocycles. The molecule has 2 heterocycles. The van der Waals surface area contributed by atoms with Gasteiger partial charge in [-0.3, -0.25) is 14.9 Å². The molecule has 1 unspecified atom stereocenters. The number of nitro benzene ring substituents is 1. The van der Waals surface area contributed by atoms with Crippen LogP contribution in [0.1, 0.15) is 23.2 Å². The second kappa shape index (κ2) is 7.20. The molecule has 1 aromatic heterocycles. The van der Waals surface area contributed by atoms with Crippen LogP contribution in [0.5, 0.6) is 6.01 Å². The summed E-state index contributed by atoms with van der Waals surface area (Å²) >= 11 is 0. The molecule has 0 radical (unpaired) electrons. The van der Waals surface area contributed by atoms with E-state index in [0.29, 0.717) is 18.7 Å². The van der Waals surface area contributed by atoms with E-state index in [1.807, 2.05) is 0 Å². The lowest BCUT2D eigenvalue weighted by Crippen LogP contribution is -2.44. The monoisotopic (exact) mass is 346 g/mol. The fourth-order valence-electron chi connectivity index (χ4n) is 2.64. The van der Waals surface area contributed by atoms with E-state index in [-0.39, 0.29) is 23.7 Å². The lowest BCUT2D eigenvalue weighted by atomic mass is 10.1. The molecule has 8 nitrogen and oxygen atoms in total. The molecule has 1 aliphatic rings. The highest BCUT2D eigenvalue weighted by Gasteiger charge is 2.26. The third-order valence-electron chi connectivity index (χ3n) is 3.86. The van der Waals surface area contributed by atoms with Gasteiger partial charge in [-0.15, -0.1) is 0 Å². The van der Waals surface area contributed by atoms with E-state index in [4.69, 9.17) is 4.74 Å². The Labute approximate surface area is 142 Å². The predicted octanol–water partition coefficient (Wildman–Crippen LogP) is 2.21. The summed E-state index contributed by atoms with van der Waals surface area (Å²) in [7, 11) is 0. The van der Waals surface area contributed by atoms with E-state index in [0.717, 1.165) is 25.2 Å². The summed E-state index contributed by atoms with van der Waals surface area (Å²) in [5.41, 5.74) is 0.314. The van der Waals surface area contributed by atoms with Crippen molar-refractivity contribution in [2.24, 2.45) is 0 Å². The van der Waals surface area contributed by atoms with E-state index in [1.54, 1.807) is 4.90 Å². The maximum absolute atomic E-state index is 12.8. The first-order valence-corrected chi connectivity index (χ1v) is 7.71. The molecule has 3 rings (SSSR count). The Morgan fingerprint density at radius 2 is 1.96 bits per heavy atom. The molecule has 0 aliphatic carbocycles. The molecular formula is C16H15FN4O4. The number of hydrogen-bond donors (Lipinski definition) is 0. The fourth-order valence-corrected chi connectivity index (χ4v) is 2.64. The highest BCUT2D eigenvalue weighted by atomic mass is 19.1. The van der Waals surface area contributed by atoms with Gasteiger partial charge in [0.25, 0.3) is 11.6 Å². The zero-order valence-electron chi connectivity index (χ0n) is 13.2. The smallest absolute Gasteiger partial charge is 0.316 e. The van der Waals surface area contributed by atoms with Crippen LogP contribution in [0, 0.1) is 15.9 Å². The first-order chi connectivity index (χ1) is 12.0. The number of ether oxygens (including phenoxy) is 1. The number of carbonyl (C=O) groups excluding carboxylic acids is 1. The minimum Gasteiger partial charge on any atom is -0.458 e. The molecule has 0 spiro atoms. The van der Waals surface area contributed by atoms with Crippen LogP contribution in [0.4, 0.5) is 10.1 Å². The van der Waals surface area contributed by atoms with Gasteiger partial charge in [-0.1, -0.05) is 0 Å². The molecule has 1 amide bonds. The Kier molecular flexibility index (Phi) is 4.82. The first kappa shape index (κ1) is 16.7. The van der Waals surface area contributed by atoms with E-state index < -0.39 is 10.7 Å². The molecule has 1 fully saturated rings. The fraction of sp³-hybridized carbons (Fsp3) is 0.312. The quantitative estimate of drug-likeness (QED) is 0.622. The minimum absolute atomic E-state index is 0.0649. The predicted molar refractivity (Wildman–Crippen MR) is 84.6 cm³/mol. The summed E-state index contributed by atoms with van der Waals surface area (Å²) in [5.74, 6) is -0.769. The molecule has 25 heavy (non-hydrogen) atoms. The van der Waals surface area contributed by atoms with Crippen LogP contribution in [0.15, 0.2) is 36.7 Å². The minimum atomic E-state index is -0.550. The van der Waals surface area contributed by atoms with Crippen LogP contribution in [-0.4, -0.2) is 44.9 Å². The molecule has 0 bridgehead atoms. The molecule has 130 valence electrons.